The predicted molar refractivity (Wildman–Crippen MR) is 75.6 cm³/mol. The summed E-state index contributed by atoms with van der Waals surface area (Å²) in [6.45, 7) is 4.56. The van der Waals surface area contributed by atoms with Crippen LogP contribution in [0.5, 0.6) is 0 Å². The zero-order valence-corrected chi connectivity index (χ0v) is 12.7. The average molecular weight is 337 g/mol. The summed E-state index contributed by atoms with van der Waals surface area (Å²) in [5, 5.41) is 2.79. The summed E-state index contributed by atoms with van der Waals surface area (Å²) in [5.41, 5.74) is 0.253. The fraction of sp³-hybridized carbons (Fsp3) is 0.462. The van der Waals surface area contributed by atoms with Gasteiger partial charge in [0.25, 0.3) is 5.91 Å². The van der Waals surface area contributed by atoms with Gasteiger partial charge in [-0.1, -0.05) is 13.8 Å². The van der Waals surface area contributed by atoms with Gasteiger partial charge >= 0.3 is 0 Å². The average Bonchev–Trinajstić information content (AvgIpc) is 2.30. The van der Waals surface area contributed by atoms with Crippen LogP contribution in [0.3, 0.4) is 0 Å². The van der Waals surface area contributed by atoms with Crippen molar-refractivity contribution in [3.8, 4) is 0 Å². The molecule has 0 fully saturated rings. The van der Waals surface area contributed by atoms with Crippen molar-refractivity contribution in [2.24, 2.45) is 5.41 Å². The van der Waals surface area contributed by atoms with Gasteiger partial charge in [-0.05, 0) is 46.0 Å². The van der Waals surface area contributed by atoms with Crippen LogP contribution in [0.25, 0.3) is 0 Å². The molecule has 1 aromatic rings. The van der Waals surface area contributed by atoms with Crippen LogP contribution in [0, 0.1) is 11.2 Å². The molecular weight excluding hydrogens is 321 g/mol. The van der Waals surface area contributed by atoms with Gasteiger partial charge in [-0.2, -0.15) is 0 Å². The third-order valence-corrected chi connectivity index (χ3v) is 3.51. The molecular formula is C13H16BrClFNO. The van der Waals surface area contributed by atoms with Crippen molar-refractivity contribution < 1.29 is 9.18 Å². The summed E-state index contributed by atoms with van der Waals surface area (Å²) in [5.74, 6) is -0.165. The summed E-state index contributed by atoms with van der Waals surface area (Å²) in [4.78, 5) is 11.8. The lowest BCUT2D eigenvalue weighted by molar-refractivity contribution is 0.0935. The Hall–Kier alpha value is -0.610. The first-order valence-electron chi connectivity index (χ1n) is 5.65. The van der Waals surface area contributed by atoms with Crippen molar-refractivity contribution in [3.63, 3.8) is 0 Å². The van der Waals surface area contributed by atoms with E-state index in [0.29, 0.717) is 22.5 Å². The topological polar surface area (TPSA) is 29.1 Å². The molecule has 1 N–H and O–H groups in total. The first-order valence-corrected chi connectivity index (χ1v) is 6.98. The summed E-state index contributed by atoms with van der Waals surface area (Å²) in [7, 11) is 0. The second kappa shape index (κ2) is 6.53. The molecule has 0 saturated heterocycles. The molecule has 5 heteroatoms. The van der Waals surface area contributed by atoms with E-state index in [2.05, 4.69) is 21.2 Å². The van der Waals surface area contributed by atoms with Crippen LogP contribution in [0.2, 0.25) is 0 Å². The monoisotopic (exact) mass is 335 g/mol. The molecule has 100 valence electrons. The Kier molecular flexibility index (Phi) is 5.60. The van der Waals surface area contributed by atoms with E-state index >= 15 is 0 Å². The first kappa shape index (κ1) is 15.4. The zero-order valence-electron chi connectivity index (χ0n) is 10.4. The molecule has 0 aliphatic heterocycles. The maximum absolute atomic E-state index is 13.3. The first-order chi connectivity index (χ1) is 8.35. The second-order valence-corrected chi connectivity index (χ2v) is 6.15. The third kappa shape index (κ3) is 4.58. The molecule has 0 saturated carbocycles. The normalized spacial score (nSPS) is 11.4. The van der Waals surface area contributed by atoms with Crippen LogP contribution < -0.4 is 5.32 Å². The fourth-order valence-electron chi connectivity index (χ4n) is 1.40. The Morgan fingerprint density at radius 2 is 2.17 bits per heavy atom. The smallest absolute Gasteiger partial charge is 0.251 e. The van der Waals surface area contributed by atoms with Crippen molar-refractivity contribution in [1.29, 1.82) is 0 Å². The maximum Gasteiger partial charge on any atom is 0.251 e. The second-order valence-electron chi connectivity index (χ2n) is 4.91. The Balaban J connectivity index is 2.63. The van der Waals surface area contributed by atoms with E-state index in [-0.39, 0.29) is 11.3 Å². The van der Waals surface area contributed by atoms with E-state index < -0.39 is 5.82 Å². The van der Waals surface area contributed by atoms with Gasteiger partial charge in [0.05, 0.1) is 4.47 Å². The molecule has 1 amide bonds. The summed E-state index contributed by atoms with van der Waals surface area (Å²) < 4.78 is 13.6. The standard InChI is InChI=1S/C13H16BrClFNO/c1-13(2,5-6-15)8-17-12(18)9-3-4-10(14)11(16)7-9/h3-4,7H,5-6,8H2,1-2H3,(H,17,18). The highest BCUT2D eigenvalue weighted by Crippen LogP contribution is 2.20. The number of hydrogen-bond donors (Lipinski definition) is 1. The molecule has 1 aromatic carbocycles. The molecule has 0 aromatic heterocycles. The zero-order chi connectivity index (χ0) is 13.8. The van der Waals surface area contributed by atoms with Crippen molar-refractivity contribution in [2.75, 3.05) is 12.4 Å². The Morgan fingerprint density at radius 3 is 2.72 bits per heavy atom. The summed E-state index contributed by atoms with van der Waals surface area (Å²) in [6, 6.07) is 4.32. The minimum atomic E-state index is -0.442. The number of alkyl halides is 1. The Morgan fingerprint density at radius 1 is 1.50 bits per heavy atom. The minimum Gasteiger partial charge on any atom is -0.352 e. The van der Waals surface area contributed by atoms with E-state index in [4.69, 9.17) is 11.6 Å². The third-order valence-electron chi connectivity index (χ3n) is 2.68. The highest BCUT2D eigenvalue weighted by Gasteiger charge is 2.18. The number of carbonyl (C=O) groups excluding carboxylic acids is 1. The number of rotatable bonds is 5. The number of hydrogen-bond acceptors (Lipinski definition) is 1. The molecule has 0 heterocycles. The van der Waals surface area contributed by atoms with E-state index in [0.717, 1.165) is 6.42 Å². The summed E-state index contributed by atoms with van der Waals surface area (Å²) >= 11 is 8.74. The number of amides is 1. The Labute approximate surface area is 120 Å². The van der Waals surface area contributed by atoms with Gasteiger partial charge in [-0.25, -0.2) is 4.39 Å². The molecule has 0 bridgehead atoms. The minimum absolute atomic E-state index is 0.0642. The van der Waals surface area contributed by atoms with Crippen molar-refractivity contribution >= 4 is 33.4 Å². The molecule has 0 atom stereocenters. The van der Waals surface area contributed by atoms with Crippen LogP contribution >= 0.6 is 27.5 Å². The number of carbonyl (C=O) groups is 1. The SMILES string of the molecule is CC(C)(CCCl)CNC(=O)c1ccc(Br)c(F)c1. The van der Waals surface area contributed by atoms with E-state index in [1.807, 2.05) is 13.8 Å². The van der Waals surface area contributed by atoms with Crippen LogP contribution in [0.1, 0.15) is 30.6 Å². The van der Waals surface area contributed by atoms with Gasteiger partial charge in [0.2, 0.25) is 0 Å². The molecule has 0 radical (unpaired) electrons. The summed E-state index contributed by atoms with van der Waals surface area (Å²) in [6.07, 6.45) is 0.809. The Bertz CT molecular complexity index is 437. The lowest BCUT2D eigenvalue weighted by Crippen LogP contribution is -2.34. The molecule has 0 unspecified atom stereocenters. The number of halogens is 3. The molecule has 2 nitrogen and oxygen atoms in total. The van der Waals surface area contributed by atoms with Gasteiger partial charge in [0, 0.05) is 18.0 Å². The quantitative estimate of drug-likeness (QED) is 0.810. The van der Waals surface area contributed by atoms with E-state index in [9.17, 15) is 9.18 Å². The van der Waals surface area contributed by atoms with Gasteiger partial charge in [-0.3, -0.25) is 4.79 Å². The largest absolute Gasteiger partial charge is 0.352 e. The van der Waals surface area contributed by atoms with Crippen molar-refractivity contribution in [3.05, 3.63) is 34.1 Å². The molecule has 0 aliphatic carbocycles. The van der Waals surface area contributed by atoms with Crippen molar-refractivity contribution in [1.82, 2.24) is 5.32 Å². The molecule has 0 spiro atoms. The molecule has 1 rings (SSSR count). The van der Waals surface area contributed by atoms with Gasteiger partial charge in [0.1, 0.15) is 5.82 Å². The number of benzene rings is 1. The van der Waals surface area contributed by atoms with Gasteiger partial charge in [-0.15, -0.1) is 11.6 Å². The van der Waals surface area contributed by atoms with Crippen molar-refractivity contribution in [2.45, 2.75) is 20.3 Å². The highest BCUT2D eigenvalue weighted by atomic mass is 79.9. The van der Waals surface area contributed by atoms with Crippen LogP contribution in [0.4, 0.5) is 4.39 Å². The van der Waals surface area contributed by atoms with E-state index in [1.54, 1.807) is 6.07 Å². The molecule has 18 heavy (non-hydrogen) atoms. The van der Waals surface area contributed by atoms with Gasteiger partial charge < -0.3 is 5.32 Å². The highest BCUT2D eigenvalue weighted by molar-refractivity contribution is 9.10. The molecule has 0 aliphatic rings. The predicted octanol–water partition coefficient (Wildman–Crippen LogP) is 3.97. The lowest BCUT2D eigenvalue weighted by atomic mass is 9.90. The number of nitrogens with one attached hydrogen (secondary N) is 1. The van der Waals surface area contributed by atoms with Crippen LogP contribution in [-0.4, -0.2) is 18.3 Å². The van der Waals surface area contributed by atoms with Crippen LogP contribution in [0.15, 0.2) is 22.7 Å². The lowest BCUT2D eigenvalue weighted by Gasteiger charge is -2.23. The maximum atomic E-state index is 13.3. The van der Waals surface area contributed by atoms with E-state index in [1.165, 1.54) is 12.1 Å². The van der Waals surface area contributed by atoms with Crippen LogP contribution in [-0.2, 0) is 0 Å². The fourth-order valence-corrected chi connectivity index (χ4v) is 2.16. The van der Waals surface area contributed by atoms with Gasteiger partial charge in [0.15, 0.2) is 0 Å².